The zero-order valence-corrected chi connectivity index (χ0v) is 29.0. The number of allylic oxidation sites excluding steroid dienone is 1. The molecule has 4 aromatic rings. The molecule has 4 aromatic carbocycles. The maximum absolute atomic E-state index is 6.90. The number of ether oxygens (including phenoxy) is 5. The molecular weight excluding hydrogens is 605 g/mol. The van der Waals surface area contributed by atoms with Crippen LogP contribution in [0.3, 0.4) is 0 Å². The molecule has 1 fully saturated rings. The van der Waals surface area contributed by atoms with Crippen molar-refractivity contribution < 1.29 is 28.1 Å². The zero-order chi connectivity index (χ0) is 32.9. The number of benzene rings is 4. The molecule has 6 nitrogen and oxygen atoms in total. The molecule has 0 saturated carbocycles. The van der Waals surface area contributed by atoms with Gasteiger partial charge < -0.3 is 28.1 Å². The topological polar surface area (TPSA) is 55.4 Å². The van der Waals surface area contributed by atoms with Gasteiger partial charge in [0.15, 0.2) is 0 Å². The third kappa shape index (κ3) is 11.3. The first-order valence-corrected chi connectivity index (χ1v) is 19.9. The molecule has 0 amide bonds. The first-order valence-electron chi connectivity index (χ1n) is 16.5. The molecule has 0 aliphatic carbocycles. The van der Waals surface area contributed by atoms with E-state index in [2.05, 4.69) is 68.2 Å². The molecule has 1 aliphatic rings. The monoisotopic (exact) mass is 652 g/mol. The second-order valence-electron chi connectivity index (χ2n) is 12.9. The predicted octanol–water partition coefficient (Wildman–Crippen LogP) is 8.48. The molecule has 47 heavy (non-hydrogen) atoms. The molecule has 5 rings (SSSR count). The zero-order valence-electron chi connectivity index (χ0n) is 28.0. The second-order valence-corrected chi connectivity index (χ2v) is 17.3. The van der Waals surface area contributed by atoms with E-state index < -0.39 is 38.8 Å². The van der Waals surface area contributed by atoms with Crippen LogP contribution >= 0.6 is 0 Å². The Kier molecular flexibility index (Phi) is 13.0. The van der Waals surface area contributed by atoms with E-state index in [0.29, 0.717) is 33.0 Å². The highest BCUT2D eigenvalue weighted by atomic mass is 28.4. The average molecular weight is 653 g/mol. The lowest BCUT2D eigenvalue weighted by Crippen LogP contribution is -2.60. The van der Waals surface area contributed by atoms with Gasteiger partial charge in [0.1, 0.15) is 30.5 Å². The Morgan fingerprint density at radius 2 is 0.979 bits per heavy atom. The van der Waals surface area contributed by atoms with Crippen molar-refractivity contribution in [2.24, 2.45) is 0 Å². The van der Waals surface area contributed by atoms with Gasteiger partial charge in [0.25, 0.3) is 0 Å². The third-order valence-corrected chi connectivity index (χ3v) is 8.72. The molecule has 0 radical (unpaired) electrons. The van der Waals surface area contributed by atoms with Gasteiger partial charge in [-0.05, 0) is 54.9 Å². The molecule has 0 bridgehead atoms. The summed E-state index contributed by atoms with van der Waals surface area (Å²) in [6.45, 7) is 10.5. The van der Waals surface area contributed by atoms with E-state index in [1.165, 1.54) is 0 Å². The summed E-state index contributed by atoms with van der Waals surface area (Å²) < 4.78 is 39.9. The van der Waals surface area contributed by atoms with E-state index in [0.717, 1.165) is 28.0 Å². The van der Waals surface area contributed by atoms with E-state index >= 15 is 0 Å². The van der Waals surface area contributed by atoms with Gasteiger partial charge in [-0.3, -0.25) is 0 Å². The largest absolute Gasteiger partial charge is 0.548 e. The van der Waals surface area contributed by atoms with Crippen LogP contribution in [0.25, 0.3) is 0 Å². The first-order chi connectivity index (χ1) is 22.8. The minimum absolute atomic E-state index is 0.323. The van der Waals surface area contributed by atoms with Crippen LogP contribution in [0.2, 0.25) is 19.6 Å². The molecule has 248 valence electrons. The fourth-order valence-corrected chi connectivity index (χ4v) is 6.74. The summed E-state index contributed by atoms with van der Waals surface area (Å²) >= 11 is 0. The molecule has 0 unspecified atom stereocenters. The quantitative estimate of drug-likeness (QED) is 0.0894. The molecule has 0 aromatic heterocycles. The van der Waals surface area contributed by atoms with Crippen LogP contribution in [0.5, 0.6) is 0 Å². The van der Waals surface area contributed by atoms with Crippen LogP contribution < -0.4 is 0 Å². The number of rotatable bonds is 16. The van der Waals surface area contributed by atoms with Crippen LogP contribution in [0, 0.1) is 0 Å². The molecule has 7 heteroatoms. The smallest absolute Gasteiger partial charge is 0.241 e. The third-order valence-electron chi connectivity index (χ3n) is 7.79. The molecule has 1 aliphatic heterocycles. The van der Waals surface area contributed by atoms with Crippen molar-refractivity contribution in [2.75, 3.05) is 6.61 Å². The van der Waals surface area contributed by atoms with E-state index in [9.17, 15) is 0 Å². The van der Waals surface area contributed by atoms with Crippen molar-refractivity contribution in [2.45, 2.75) is 83.5 Å². The van der Waals surface area contributed by atoms with Gasteiger partial charge >= 0.3 is 0 Å². The predicted molar refractivity (Wildman–Crippen MR) is 188 cm³/mol. The normalized spacial score (nSPS) is 21.8. The lowest BCUT2D eigenvalue weighted by Gasteiger charge is -2.45. The van der Waals surface area contributed by atoms with Gasteiger partial charge in [0.05, 0.1) is 38.8 Å². The first kappa shape index (κ1) is 34.8. The van der Waals surface area contributed by atoms with Gasteiger partial charge in [-0.25, -0.2) is 0 Å². The highest BCUT2D eigenvalue weighted by molar-refractivity contribution is 6.70. The standard InChI is InChI=1S/C40H48O6Si/c1-31(46-47(2,3)4)25-36-38(42-27-33-19-11-6-12-20-33)40(44-29-35-23-15-8-16-24-35)39(43-28-34-21-13-7-14-22-34)37(45-36)30-41-26-32-17-9-5-10-18-32/h5-25,36-40H,26-30H2,1-4H3/b31-25+/t36-,37+,38-,39+,40+/m0/s1. The molecule has 0 N–H and O–H groups in total. The fourth-order valence-electron chi connectivity index (χ4n) is 5.71. The van der Waals surface area contributed by atoms with Gasteiger partial charge in [0.2, 0.25) is 8.32 Å². The van der Waals surface area contributed by atoms with Crippen LogP contribution in [0.1, 0.15) is 29.2 Å². The van der Waals surface area contributed by atoms with Gasteiger partial charge in [-0.2, -0.15) is 0 Å². The van der Waals surface area contributed by atoms with E-state index in [4.69, 9.17) is 28.1 Å². The minimum atomic E-state index is -1.86. The van der Waals surface area contributed by atoms with Crippen molar-refractivity contribution in [3.63, 3.8) is 0 Å². The van der Waals surface area contributed by atoms with E-state index in [-0.39, 0.29) is 0 Å². The van der Waals surface area contributed by atoms with Gasteiger partial charge in [-0.1, -0.05) is 121 Å². The number of hydrogen-bond acceptors (Lipinski definition) is 6. The molecule has 5 atom stereocenters. The maximum atomic E-state index is 6.90. The Morgan fingerprint density at radius 1 is 0.574 bits per heavy atom. The van der Waals surface area contributed by atoms with Gasteiger partial charge in [0, 0.05) is 0 Å². The lowest BCUT2D eigenvalue weighted by atomic mass is 9.93. The summed E-state index contributed by atoms with van der Waals surface area (Å²) in [5.74, 6) is 0.817. The molecule has 0 spiro atoms. The summed E-state index contributed by atoms with van der Waals surface area (Å²) in [7, 11) is -1.86. The van der Waals surface area contributed by atoms with Gasteiger partial charge in [-0.15, -0.1) is 0 Å². The summed E-state index contributed by atoms with van der Waals surface area (Å²) in [6, 6.07) is 40.8. The Morgan fingerprint density at radius 3 is 1.43 bits per heavy atom. The Labute approximate surface area is 281 Å². The molecular formula is C40H48O6Si. The maximum Gasteiger partial charge on any atom is 0.241 e. The van der Waals surface area contributed by atoms with E-state index in [1.807, 2.05) is 85.8 Å². The van der Waals surface area contributed by atoms with Crippen LogP contribution in [-0.2, 0) is 54.5 Å². The lowest BCUT2D eigenvalue weighted by molar-refractivity contribution is -0.263. The second kappa shape index (κ2) is 17.5. The van der Waals surface area contributed by atoms with E-state index in [1.54, 1.807) is 0 Å². The van der Waals surface area contributed by atoms with Crippen molar-refractivity contribution in [3.8, 4) is 0 Å². The number of hydrogen-bond donors (Lipinski definition) is 0. The summed E-state index contributed by atoms with van der Waals surface area (Å²) in [6.07, 6.45) is -0.269. The van der Waals surface area contributed by atoms with Crippen LogP contribution in [-0.4, -0.2) is 45.4 Å². The van der Waals surface area contributed by atoms with Crippen molar-refractivity contribution in [1.29, 1.82) is 0 Å². The summed E-state index contributed by atoms with van der Waals surface area (Å²) in [5, 5.41) is 0. The van der Waals surface area contributed by atoms with Crippen LogP contribution in [0.4, 0.5) is 0 Å². The van der Waals surface area contributed by atoms with Crippen LogP contribution in [0.15, 0.2) is 133 Å². The average Bonchev–Trinajstić information content (AvgIpc) is 3.07. The minimum Gasteiger partial charge on any atom is -0.548 e. The Hall–Kier alpha value is -3.56. The molecule has 1 saturated heterocycles. The Balaban J connectivity index is 1.48. The molecule has 1 heterocycles. The highest BCUT2D eigenvalue weighted by Gasteiger charge is 2.48. The Bertz CT molecular complexity index is 1480. The van der Waals surface area contributed by atoms with Crippen molar-refractivity contribution >= 4 is 8.32 Å². The van der Waals surface area contributed by atoms with Crippen molar-refractivity contribution in [3.05, 3.63) is 155 Å². The summed E-state index contributed by atoms with van der Waals surface area (Å²) in [5.41, 5.74) is 4.32. The summed E-state index contributed by atoms with van der Waals surface area (Å²) in [4.78, 5) is 0. The van der Waals surface area contributed by atoms with Crippen molar-refractivity contribution in [1.82, 2.24) is 0 Å². The SMILES string of the molecule is C/C(=C\[C@@H]1O[C@H](COCc2ccccc2)[C@@H](OCc2ccccc2)[C@H](OCc2ccccc2)[C@H]1OCc1ccccc1)O[Si](C)(C)C. The highest BCUT2D eigenvalue weighted by Crippen LogP contribution is 2.32. The fraction of sp³-hybridized carbons (Fsp3) is 0.350.